The highest BCUT2D eigenvalue weighted by molar-refractivity contribution is 7.26. The molecule has 0 spiro atoms. The van der Waals surface area contributed by atoms with Crippen molar-refractivity contribution in [3.8, 4) is 11.1 Å². The number of rotatable bonds is 4. The van der Waals surface area contributed by atoms with Gasteiger partial charge in [-0.25, -0.2) is 0 Å². The topological polar surface area (TPSA) is 22.9 Å². The summed E-state index contributed by atoms with van der Waals surface area (Å²) in [7, 11) is 0. The van der Waals surface area contributed by atoms with Gasteiger partial charge in [-0.1, -0.05) is 183 Å². The van der Waals surface area contributed by atoms with E-state index < -0.39 is 0 Å². The first-order valence-electron chi connectivity index (χ1n) is 27.6. The number of fused-ring (bicyclic) bond motifs is 13. The van der Waals surface area contributed by atoms with E-state index in [9.17, 15) is 0 Å². The van der Waals surface area contributed by atoms with Crippen LogP contribution in [0.25, 0.3) is 53.2 Å². The van der Waals surface area contributed by atoms with Crippen molar-refractivity contribution in [1.82, 2.24) is 0 Å². The average Bonchev–Trinajstić information content (AvgIpc) is 4.20. The highest BCUT2D eigenvalue weighted by Crippen LogP contribution is 2.63. The van der Waals surface area contributed by atoms with Crippen LogP contribution in [0.4, 0.5) is 45.5 Å². The summed E-state index contributed by atoms with van der Waals surface area (Å²) in [4.78, 5) is 8.11. The number of thiophene rings is 1. The molecule has 5 heterocycles. The van der Waals surface area contributed by atoms with Gasteiger partial charge in [0, 0.05) is 65.8 Å². The number of furan rings is 1. The zero-order chi connectivity index (χ0) is 51.6. The lowest BCUT2D eigenvalue weighted by atomic mass is 9.33. The molecule has 1 aliphatic carbocycles. The molecule has 2 unspecified atom stereocenters. The van der Waals surface area contributed by atoms with E-state index in [0.29, 0.717) is 0 Å². The molecule has 2 aromatic heterocycles. The fourth-order valence-electron chi connectivity index (χ4n) is 14.3. The summed E-state index contributed by atoms with van der Waals surface area (Å²) in [6.45, 7) is 19.2. The maximum atomic E-state index is 7.09. The molecule has 0 amide bonds. The normalized spacial score (nSPS) is 18.8. The van der Waals surface area contributed by atoms with Crippen molar-refractivity contribution in [2.24, 2.45) is 0 Å². The molecule has 4 nitrogen and oxygen atoms in total. The minimum absolute atomic E-state index is 0.0501. The second-order valence-electron chi connectivity index (χ2n) is 24.8. The molecule has 1 saturated carbocycles. The number of benzene rings is 9. The minimum atomic E-state index is -0.207. The third-order valence-electron chi connectivity index (χ3n) is 18.5. The molecule has 0 radical (unpaired) electrons. The fourth-order valence-corrected chi connectivity index (χ4v) is 15.5. The van der Waals surface area contributed by atoms with Gasteiger partial charge >= 0.3 is 0 Å². The van der Waals surface area contributed by atoms with Gasteiger partial charge in [0.15, 0.2) is 5.58 Å². The van der Waals surface area contributed by atoms with Crippen molar-refractivity contribution in [3.63, 3.8) is 0 Å². The molecule has 3 aliphatic heterocycles. The summed E-state index contributed by atoms with van der Waals surface area (Å²) in [5.41, 5.74) is 21.6. The van der Waals surface area contributed by atoms with Crippen molar-refractivity contribution >= 4 is 122 Å². The molecule has 76 heavy (non-hydrogen) atoms. The van der Waals surface area contributed by atoms with Gasteiger partial charge in [0.05, 0.1) is 21.6 Å². The Morgan fingerprint density at radius 2 is 1.09 bits per heavy atom. The number of hydrogen-bond donors (Lipinski definition) is 0. The molecule has 15 rings (SSSR count). The van der Waals surface area contributed by atoms with Gasteiger partial charge < -0.3 is 19.1 Å². The van der Waals surface area contributed by atoms with Gasteiger partial charge in [-0.05, 0) is 135 Å². The van der Waals surface area contributed by atoms with Crippen LogP contribution in [0.1, 0.15) is 97.8 Å². The van der Waals surface area contributed by atoms with Gasteiger partial charge in [-0.15, -0.1) is 11.3 Å². The monoisotopic (exact) mass is 1000 g/mol. The van der Waals surface area contributed by atoms with Crippen LogP contribution >= 0.6 is 11.3 Å². The van der Waals surface area contributed by atoms with Gasteiger partial charge in [-0.3, -0.25) is 0 Å². The van der Waals surface area contributed by atoms with Gasteiger partial charge in [0.25, 0.3) is 6.71 Å². The molecule has 2 atom stereocenters. The molecule has 0 bridgehead atoms. The van der Waals surface area contributed by atoms with Crippen LogP contribution in [-0.2, 0) is 16.2 Å². The highest BCUT2D eigenvalue weighted by atomic mass is 32.1. The Balaban J connectivity index is 1.10. The third-order valence-corrected chi connectivity index (χ3v) is 19.7. The number of nitrogens with zero attached hydrogens (tertiary/aromatic N) is 3. The molecular formula is C70H62BN3OS. The summed E-state index contributed by atoms with van der Waals surface area (Å²) >= 11 is 1.92. The molecule has 1 fully saturated rings. The Kier molecular flexibility index (Phi) is 9.65. The predicted molar refractivity (Wildman–Crippen MR) is 326 cm³/mol. The van der Waals surface area contributed by atoms with Crippen LogP contribution in [0.5, 0.6) is 0 Å². The number of para-hydroxylation sites is 2. The standard InChI is InChI=1S/C70H62BN3OS/c1-67(2,3)45-31-33-53-58(39-45)72(56-26-18-24-50-48-22-12-14-28-62(48)75-65(50)56)60-41-47(74-55-35-30-44(43-20-10-9-11-21-43)38-52(55)69(7)36-16-17-37-70(69,74)8)42-61-64(60)71(53)54-34-32-46(68(4,5)6)40-59(54)73(61)57-27-19-25-51-49-23-13-15-29-63(49)76-66(51)57/h9-15,18-35,38-42H,16-17,36-37H2,1-8H3. The van der Waals surface area contributed by atoms with E-state index in [1.165, 1.54) is 117 Å². The van der Waals surface area contributed by atoms with Crippen molar-refractivity contribution in [2.45, 2.75) is 103 Å². The number of anilines is 8. The fraction of sp³-hybridized carbons (Fsp3) is 0.229. The zero-order valence-electron chi connectivity index (χ0n) is 44.9. The Morgan fingerprint density at radius 3 is 1.80 bits per heavy atom. The van der Waals surface area contributed by atoms with E-state index >= 15 is 0 Å². The molecule has 9 aromatic carbocycles. The lowest BCUT2D eigenvalue weighted by molar-refractivity contribution is 0.195. The Morgan fingerprint density at radius 1 is 0.487 bits per heavy atom. The smallest absolute Gasteiger partial charge is 0.252 e. The molecule has 6 heteroatoms. The van der Waals surface area contributed by atoms with Crippen molar-refractivity contribution in [3.05, 3.63) is 199 Å². The van der Waals surface area contributed by atoms with Crippen LogP contribution < -0.4 is 31.1 Å². The highest BCUT2D eigenvalue weighted by Gasteiger charge is 2.58. The average molecular weight is 1000 g/mol. The largest absolute Gasteiger partial charge is 0.454 e. The molecule has 11 aromatic rings. The SMILES string of the molecule is CC(C)(C)c1ccc2c(c1)N(c1cccc3c1oc1ccccc13)c1cc(N3c4ccc(-c5ccccc5)cc4C4(C)CCCCC34C)cc3c1B2c1ccc(C(C)(C)C)cc1N3c1cccc2c1sc1ccccc12. The van der Waals surface area contributed by atoms with E-state index in [1.54, 1.807) is 0 Å². The first-order chi connectivity index (χ1) is 36.7. The second kappa shape index (κ2) is 16.0. The van der Waals surface area contributed by atoms with E-state index in [2.05, 4.69) is 252 Å². The van der Waals surface area contributed by atoms with E-state index in [4.69, 9.17) is 4.42 Å². The minimum Gasteiger partial charge on any atom is -0.454 e. The van der Waals surface area contributed by atoms with Crippen molar-refractivity contribution in [2.75, 3.05) is 14.7 Å². The summed E-state index contributed by atoms with van der Waals surface area (Å²) < 4.78 is 9.70. The van der Waals surface area contributed by atoms with Crippen molar-refractivity contribution < 1.29 is 4.42 Å². The van der Waals surface area contributed by atoms with E-state index in [-0.39, 0.29) is 28.5 Å². The Bertz CT molecular complexity index is 4030. The van der Waals surface area contributed by atoms with E-state index in [0.717, 1.165) is 40.5 Å². The summed E-state index contributed by atoms with van der Waals surface area (Å²) in [5.74, 6) is 0. The molecule has 372 valence electrons. The molecule has 4 aliphatic rings. The van der Waals surface area contributed by atoms with Gasteiger partial charge in [-0.2, -0.15) is 0 Å². The predicted octanol–water partition coefficient (Wildman–Crippen LogP) is 18.0. The molecule has 0 N–H and O–H groups in total. The lowest BCUT2D eigenvalue weighted by Gasteiger charge is -2.51. The first-order valence-corrected chi connectivity index (χ1v) is 28.4. The van der Waals surface area contributed by atoms with Gasteiger partial charge in [0.1, 0.15) is 5.58 Å². The second-order valence-corrected chi connectivity index (χ2v) is 25.9. The van der Waals surface area contributed by atoms with Crippen LogP contribution in [0.15, 0.2) is 186 Å². The summed E-state index contributed by atoms with van der Waals surface area (Å²) in [6, 6.07) is 69.7. The lowest BCUT2D eigenvalue weighted by Crippen LogP contribution is -2.61. The molecular weight excluding hydrogens is 942 g/mol. The Hall–Kier alpha value is -7.54. The van der Waals surface area contributed by atoms with Crippen LogP contribution in [-0.4, -0.2) is 12.3 Å². The Labute approximate surface area is 451 Å². The van der Waals surface area contributed by atoms with Gasteiger partial charge in [0.2, 0.25) is 0 Å². The van der Waals surface area contributed by atoms with E-state index in [1.807, 2.05) is 11.3 Å². The molecule has 0 saturated heterocycles. The zero-order valence-corrected chi connectivity index (χ0v) is 45.7. The quantitative estimate of drug-likeness (QED) is 0.164. The van der Waals surface area contributed by atoms with Crippen molar-refractivity contribution in [1.29, 1.82) is 0 Å². The van der Waals surface area contributed by atoms with Crippen LogP contribution in [0, 0.1) is 0 Å². The third kappa shape index (κ3) is 6.37. The first kappa shape index (κ1) is 45.8. The van der Waals surface area contributed by atoms with Crippen LogP contribution in [0.3, 0.4) is 0 Å². The maximum Gasteiger partial charge on any atom is 0.252 e. The summed E-state index contributed by atoms with van der Waals surface area (Å²) in [6.07, 6.45) is 4.63. The number of hydrogen-bond acceptors (Lipinski definition) is 5. The maximum absolute atomic E-state index is 7.09. The van der Waals surface area contributed by atoms with Crippen LogP contribution in [0.2, 0.25) is 0 Å². The summed E-state index contributed by atoms with van der Waals surface area (Å²) in [5, 5.41) is 4.86.